The number of carbonyl (C=O) groups is 1. The second-order valence-electron chi connectivity index (χ2n) is 6.03. The highest BCUT2D eigenvalue weighted by Crippen LogP contribution is 2.43. The third-order valence-corrected chi connectivity index (χ3v) is 4.61. The molecule has 2 aromatic rings. The first kappa shape index (κ1) is 16.4. The summed E-state index contributed by atoms with van der Waals surface area (Å²) in [6.45, 7) is 0. The van der Waals surface area contributed by atoms with Crippen LogP contribution in [0.2, 0.25) is 0 Å². The van der Waals surface area contributed by atoms with Crippen molar-refractivity contribution in [3.8, 4) is 5.75 Å². The Morgan fingerprint density at radius 3 is 2.42 bits per heavy atom. The first-order valence-corrected chi connectivity index (χ1v) is 7.57. The van der Waals surface area contributed by atoms with Crippen molar-refractivity contribution in [2.45, 2.75) is 23.9 Å². The van der Waals surface area contributed by atoms with Crippen molar-refractivity contribution in [1.82, 2.24) is 4.90 Å². The fraction of sp³-hybridized carbons (Fsp3) is 0.278. The molecule has 0 unspecified atom stereocenters. The van der Waals surface area contributed by atoms with Gasteiger partial charge in [0.2, 0.25) is 0 Å². The minimum atomic E-state index is -1.97. The number of benzene rings is 2. The molecule has 126 valence electrons. The summed E-state index contributed by atoms with van der Waals surface area (Å²) in [4.78, 5) is 13.4. The van der Waals surface area contributed by atoms with E-state index in [9.17, 15) is 25.2 Å². The molecule has 6 heteroatoms. The summed E-state index contributed by atoms with van der Waals surface area (Å²) < 4.78 is 0. The van der Waals surface area contributed by atoms with Gasteiger partial charge in [-0.1, -0.05) is 42.5 Å². The molecule has 4 atom stereocenters. The SMILES string of the molecule is CN1C(=O)[C@@H](O)[C@](O)(c2ccccc2)[C@@H]1[C@@H](O)c1cccc(O)c1. The summed E-state index contributed by atoms with van der Waals surface area (Å²) in [6.07, 6.45) is -2.99. The van der Waals surface area contributed by atoms with E-state index in [0.717, 1.165) is 4.90 Å². The number of rotatable bonds is 3. The molecule has 1 aliphatic rings. The molecule has 1 heterocycles. The Kier molecular flexibility index (Phi) is 4.04. The number of nitrogens with zero attached hydrogens (tertiary/aromatic N) is 1. The minimum absolute atomic E-state index is 0.0395. The maximum absolute atomic E-state index is 12.3. The first-order valence-electron chi connectivity index (χ1n) is 7.57. The number of aliphatic hydroxyl groups is 3. The number of aromatic hydroxyl groups is 1. The number of carbonyl (C=O) groups excluding carboxylic acids is 1. The predicted octanol–water partition coefficient (Wildman–Crippen LogP) is 0.515. The Morgan fingerprint density at radius 2 is 1.79 bits per heavy atom. The fourth-order valence-corrected chi connectivity index (χ4v) is 3.35. The van der Waals surface area contributed by atoms with Crippen LogP contribution < -0.4 is 0 Å². The minimum Gasteiger partial charge on any atom is -0.508 e. The van der Waals surface area contributed by atoms with E-state index in [4.69, 9.17) is 0 Å². The molecule has 0 bridgehead atoms. The number of phenolic OH excluding ortho intramolecular Hbond substituents is 1. The first-order chi connectivity index (χ1) is 11.4. The van der Waals surface area contributed by atoms with Gasteiger partial charge in [-0.25, -0.2) is 0 Å². The lowest BCUT2D eigenvalue weighted by molar-refractivity contribution is -0.138. The van der Waals surface area contributed by atoms with Gasteiger partial charge in [0.15, 0.2) is 6.10 Å². The molecule has 0 spiro atoms. The number of likely N-dealkylation sites (tertiary alicyclic amines) is 1. The fourth-order valence-electron chi connectivity index (χ4n) is 3.35. The largest absolute Gasteiger partial charge is 0.508 e. The number of likely N-dealkylation sites (N-methyl/N-ethyl adjacent to an activating group) is 1. The van der Waals surface area contributed by atoms with Crippen molar-refractivity contribution < 1.29 is 25.2 Å². The van der Waals surface area contributed by atoms with Crippen LogP contribution in [-0.2, 0) is 10.4 Å². The van der Waals surface area contributed by atoms with E-state index in [-0.39, 0.29) is 5.75 Å². The molecule has 0 saturated carbocycles. The molecule has 4 N–H and O–H groups in total. The molecular weight excluding hydrogens is 310 g/mol. The van der Waals surface area contributed by atoms with Crippen molar-refractivity contribution in [3.05, 3.63) is 65.7 Å². The quantitative estimate of drug-likeness (QED) is 0.657. The number of amides is 1. The van der Waals surface area contributed by atoms with Crippen LogP contribution in [0.15, 0.2) is 54.6 Å². The highest BCUT2D eigenvalue weighted by Gasteiger charge is 2.60. The van der Waals surface area contributed by atoms with Gasteiger partial charge in [-0.15, -0.1) is 0 Å². The van der Waals surface area contributed by atoms with Crippen LogP contribution in [0.25, 0.3) is 0 Å². The van der Waals surface area contributed by atoms with Crippen LogP contribution in [0.4, 0.5) is 0 Å². The van der Waals surface area contributed by atoms with Gasteiger partial charge in [0, 0.05) is 7.05 Å². The molecule has 3 rings (SSSR count). The van der Waals surface area contributed by atoms with Crippen LogP contribution in [-0.4, -0.2) is 50.4 Å². The zero-order valence-electron chi connectivity index (χ0n) is 13.1. The van der Waals surface area contributed by atoms with Crippen LogP contribution in [0, 0.1) is 0 Å². The van der Waals surface area contributed by atoms with E-state index < -0.39 is 29.8 Å². The second-order valence-corrected chi connectivity index (χ2v) is 6.03. The van der Waals surface area contributed by atoms with Gasteiger partial charge in [0.05, 0.1) is 6.04 Å². The normalized spacial score (nSPS) is 28.2. The topological polar surface area (TPSA) is 101 Å². The Hall–Kier alpha value is -2.41. The van der Waals surface area contributed by atoms with E-state index in [1.165, 1.54) is 19.2 Å². The Morgan fingerprint density at radius 1 is 1.12 bits per heavy atom. The summed E-state index contributed by atoms with van der Waals surface area (Å²) in [5.74, 6) is -0.715. The molecule has 0 aliphatic carbocycles. The number of phenols is 1. The van der Waals surface area contributed by atoms with Crippen molar-refractivity contribution in [3.63, 3.8) is 0 Å². The van der Waals surface area contributed by atoms with Crippen molar-refractivity contribution in [2.24, 2.45) is 0 Å². The third kappa shape index (κ3) is 2.36. The molecule has 1 amide bonds. The molecular formula is C18H19NO5. The maximum atomic E-state index is 12.3. The summed E-state index contributed by atoms with van der Waals surface area (Å²) in [5, 5.41) is 41.9. The maximum Gasteiger partial charge on any atom is 0.255 e. The van der Waals surface area contributed by atoms with Crippen molar-refractivity contribution >= 4 is 5.91 Å². The van der Waals surface area contributed by atoms with Crippen LogP contribution in [0.5, 0.6) is 5.75 Å². The molecule has 2 aromatic carbocycles. The lowest BCUT2D eigenvalue weighted by Crippen LogP contribution is -2.49. The lowest BCUT2D eigenvalue weighted by Gasteiger charge is -2.36. The summed E-state index contributed by atoms with van der Waals surface area (Å²) >= 11 is 0. The van der Waals surface area contributed by atoms with E-state index >= 15 is 0 Å². The third-order valence-electron chi connectivity index (χ3n) is 4.61. The molecule has 0 radical (unpaired) electrons. The van der Waals surface area contributed by atoms with E-state index in [0.29, 0.717) is 11.1 Å². The monoisotopic (exact) mass is 329 g/mol. The highest BCUT2D eigenvalue weighted by molar-refractivity contribution is 5.86. The van der Waals surface area contributed by atoms with Crippen LogP contribution in [0.1, 0.15) is 17.2 Å². The smallest absolute Gasteiger partial charge is 0.255 e. The lowest BCUT2D eigenvalue weighted by atomic mass is 9.80. The average Bonchev–Trinajstić information content (AvgIpc) is 2.77. The number of hydrogen-bond donors (Lipinski definition) is 4. The van der Waals surface area contributed by atoms with Crippen molar-refractivity contribution in [1.29, 1.82) is 0 Å². The van der Waals surface area contributed by atoms with Crippen LogP contribution >= 0.6 is 0 Å². The van der Waals surface area contributed by atoms with Gasteiger partial charge >= 0.3 is 0 Å². The highest BCUT2D eigenvalue weighted by atomic mass is 16.4. The van der Waals surface area contributed by atoms with Gasteiger partial charge in [-0.2, -0.15) is 0 Å². The van der Waals surface area contributed by atoms with Gasteiger partial charge < -0.3 is 25.3 Å². The van der Waals surface area contributed by atoms with E-state index in [1.807, 2.05) is 0 Å². The van der Waals surface area contributed by atoms with Gasteiger partial charge in [-0.05, 0) is 23.3 Å². The Balaban J connectivity index is 2.10. The summed E-state index contributed by atoms with van der Waals surface area (Å²) in [7, 11) is 1.42. The molecule has 1 fully saturated rings. The zero-order chi connectivity index (χ0) is 17.5. The van der Waals surface area contributed by atoms with Gasteiger partial charge in [0.1, 0.15) is 17.5 Å². The van der Waals surface area contributed by atoms with Gasteiger partial charge in [0.25, 0.3) is 5.91 Å². The van der Waals surface area contributed by atoms with Gasteiger partial charge in [-0.3, -0.25) is 4.79 Å². The predicted molar refractivity (Wildman–Crippen MR) is 86.0 cm³/mol. The zero-order valence-corrected chi connectivity index (χ0v) is 13.1. The molecule has 0 aromatic heterocycles. The standard InChI is InChI=1S/C18H19NO5/c1-19-15(14(21)11-6-5-9-13(20)10-11)18(24,16(22)17(19)23)12-7-3-2-4-8-12/h2-10,14-16,20-22,24H,1H3/t14-,15-,16+,18-/m0/s1. The molecule has 1 aliphatic heterocycles. The molecule has 6 nitrogen and oxygen atoms in total. The molecule has 24 heavy (non-hydrogen) atoms. The Bertz CT molecular complexity index is 750. The Labute approximate surface area is 139 Å². The van der Waals surface area contributed by atoms with Crippen molar-refractivity contribution in [2.75, 3.05) is 7.05 Å². The number of hydrogen-bond acceptors (Lipinski definition) is 5. The summed E-state index contributed by atoms with van der Waals surface area (Å²) in [5.41, 5.74) is -1.31. The molecule has 1 saturated heterocycles. The average molecular weight is 329 g/mol. The van der Waals surface area contributed by atoms with E-state index in [2.05, 4.69) is 0 Å². The van der Waals surface area contributed by atoms with Crippen LogP contribution in [0.3, 0.4) is 0 Å². The second kappa shape index (κ2) is 5.90. The number of aliphatic hydroxyl groups excluding tert-OH is 2. The van der Waals surface area contributed by atoms with E-state index in [1.54, 1.807) is 42.5 Å². The summed E-state index contributed by atoms with van der Waals surface area (Å²) in [6, 6.07) is 13.2.